The van der Waals surface area contributed by atoms with E-state index in [4.69, 9.17) is 14.2 Å². The van der Waals surface area contributed by atoms with E-state index in [0.29, 0.717) is 30.5 Å². The van der Waals surface area contributed by atoms with Gasteiger partial charge in [0.05, 0.1) is 18.0 Å². The number of hydrogen-bond acceptors (Lipinski definition) is 5. The number of benzene rings is 3. The van der Waals surface area contributed by atoms with Gasteiger partial charge >= 0.3 is 0 Å². The highest BCUT2D eigenvalue weighted by atomic mass is 32.2. The minimum Gasteiger partial charge on any atom is -0.497 e. The number of rotatable bonds is 6. The molecular weight excluding hydrogens is 390 g/mol. The highest BCUT2D eigenvalue weighted by Gasteiger charge is 2.25. The summed E-state index contributed by atoms with van der Waals surface area (Å²) in [5.41, 5.74) is 1.64. The Labute approximate surface area is 170 Å². The molecule has 1 aliphatic heterocycles. The molecule has 1 N–H and O–H groups in total. The first-order valence-electron chi connectivity index (χ1n) is 9.18. The van der Waals surface area contributed by atoms with Crippen molar-refractivity contribution in [2.75, 3.05) is 20.3 Å². The molecule has 1 heterocycles. The third-order valence-electron chi connectivity index (χ3n) is 4.68. The zero-order valence-corrected chi connectivity index (χ0v) is 16.7. The van der Waals surface area contributed by atoms with Crippen molar-refractivity contribution in [2.45, 2.75) is 10.9 Å². The van der Waals surface area contributed by atoms with E-state index in [-0.39, 0.29) is 4.90 Å². The van der Waals surface area contributed by atoms with E-state index in [1.165, 1.54) is 12.1 Å². The van der Waals surface area contributed by atoms with Crippen molar-refractivity contribution >= 4 is 10.0 Å². The van der Waals surface area contributed by atoms with Gasteiger partial charge in [-0.1, -0.05) is 42.5 Å². The molecule has 150 valence electrons. The fraction of sp³-hybridized carbons (Fsp3) is 0.182. The van der Waals surface area contributed by atoms with E-state index in [9.17, 15) is 8.42 Å². The summed E-state index contributed by atoms with van der Waals surface area (Å²) in [5, 5.41) is 0. The first-order chi connectivity index (χ1) is 14.1. The molecule has 1 aliphatic rings. The lowest BCUT2D eigenvalue weighted by Crippen LogP contribution is -2.29. The predicted molar refractivity (Wildman–Crippen MR) is 109 cm³/mol. The Morgan fingerprint density at radius 1 is 0.862 bits per heavy atom. The fourth-order valence-electron chi connectivity index (χ4n) is 3.18. The van der Waals surface area contributed by atoms with E-state index in [1.54, 1.807) is 13.2 Å². The molecule has 6 nitrogen and oxygen atoms in total. The summed E-state index contributed by atoms with van der Waals surface area (Å²) in [6.45, 7) is 0.841. The Morgan fingerprint density at radius 3 is 2.21 bits per heavy atom. The van der Waals surface area contributed by atoms with Gasteiger partial charge in [0.1, 0.15) is 19.0 Å². The molecule has 29 heavy (non-hydrogen) atoms. The number of sulfonamides is 1. The number of methoxy groups -OCH3 is 1. The van der Waals surface area contributed by atoms with E-state index in [1.807, 2.05) is 54.6 Å². The molecule has 0 aromatic heterocycles. The standard InChI is InChI=1S/C22H21NO5S/c1-26-18-9-7-17(8-10-18)22(16-5-3-2-4-6-16)23-29(24,25)19-11-12-20-21(15-19)28-14-13-27-20/h2-12,15,22-23H,13-14H2,1H3/t22-/m1/s1. The van der Waals surface area contributed by atoms with Gasteiger partial charge in [0.25, 0.3) is 0 Å². The highest BCUT2D eigenvalue weighted by molar-refractivity contribution is 7.89. The maximum absolute atomic E-state index is 13.2. The van der Waals surface area contributed by atoms with Gasteiger partial charge in [-0.15, -0.1) is 0 Å². The Kier molecular flexibility index (Phi) is 5.42. The van der Waals surface area contributed by atoms with E-state index in [0.717, 1.165) is 11.1 Å². The molecule has 7 heteroatoms. The monoisotopic (exact) mass is 411 g/mol. The van der Waals surface area contributed by atoms with E-state index >= 15 is 0 Å². The van der Waals surface area contributed by atoms with Gasteiger partial charge in [-0.25, -0.2) is 8.42 Å². The van der Waals surface area contributed by atoms with Crippen LogP contribution in [0, 0.1) is 0 Å². The van der Waals surface area contributed by atoms with Gasteiger partial charge in [0.15, 0.2) is 11.5 Å². The van der Waals surface area contributed by atoms with Crippen molar-refractivity contribution in [1.29, 1.82) is 0 Å². The summed E-state index contributed by atoms with van der Waals surface area (Å²) < 4.78 is 45.4. The molecular formula is C22H21NO5S. The molecule has 0 saturated carbocycles. The number of ether oxygens (including phenoxy) is 3. The first kappa shape index (κ1) is 19.3. The van der Waals surface area contributed by atoms with Crippen LogP contribution >= 0.6 is 0 Å². The minimum atomic E-state index is -3.82. The lowest BCUT2D eigenvalue weighted by atomic mass is 10.00. The molecule has 0 fully saturated rings. The highest BCUT2D eigenvalue weighted by Crippen LogP contribution is 2.33. The third kappa shape index (κ3) is 4.21. The molecule has 0 bridgehead atoms. The number of nitrogens with one attached hydrogen (secondary N) is 1. The van der Waals surface area contributed by atoms with Crippen LogP contribution in [0.1, 0.15) is 17.2 Å². The Hall–Kier alpha value is -3.03. The van der Waals surface area contributed by atoms with Gasteiger partial charge in [0, 0.05) is 6.07 Å². The van der Waals surface area contributed by atoms with Crippen molar-refractivity contribution in [2.24, 2.45) is 0 Å². The third-order valence-corrected chi connectivity index (χ3v) is 6.10. The molecule has 1 atom stereocenters. The summed E-state index contributed by atoms with van der Waals surface area (Å²) in [7, 11) is -2.23. The molecule has 0 unspecified atom stereocenters. The van der Waals surface area contributed by atoms with Crippen LogP contribution < -0.4 is 18.9 Å². The van der Waals surface area contributed by atoms with Gasteiger partial charge in [0.2, 0.25) is 10.0 Å². The number of fused-ring (bicyclic) bond motifs is 1. The zero-order valence-electron chi connectivity index (χ0n) is 15.9. The van der Waals surface area contributed by atoms with Crippen LogP contribution in [0.25, 0.3) is 0 Å². The van der Waals surface area contributed by atoms with Gasteiger partial charge in [-0.05, 0) is 35.4 Å². The van der Waals surface area contributed by atoms with Crippen LogP contribution in [-0.4, -0.2) is 28.7 Å². The Balaban J connectivity index is 1.69. The summed E-state index contributed by atoms with van der Waals surface area (Å²) >= 11 is 0. The second kappa shape index (κ2) is 8.14. The molecule has 0 spiro atoms. The molecule has 3 aromatic carbocycles. The number of hydrogen-bond donors (Lipinski definition) is 1. The zero-order chi connectivity index (χ0) is 20.3. The summed E-state index contributed by atoms with van der Waals surface area (Å²) in [6, 6.07) is 20.8. The average Bonchev–Trinajstić information content (AvgIpc) is 2.78. The lowest BCUT2D eigenvalue weighted by molar-refractivity contribution is 0.171. The molecule has 0 aliphatic carbocycles. The van der Waals surface area contributed by atoms with Crippen LogP contribution in [0.2, 0.25) is 0 Å². The maximum Gasteiger partial charge on any atom is 0.241 e. The largest absolute Gasteiger partial charge is 0.497 e. The molecule has 4 rings (SSSR count). The normalized spacial score (nSPS) is 14.2. The SMILES string of the molecule is COc1ccc([C@H](NS(=O)(=O)c2ccc3c(c2)OCCO3)c2ccccc2)cc1. The predicted octanol–water partition coefficient (Wildman–Crippen LogP) is 3.53. The van der Waals surface area contributed by atoms with Crippen LogP contribution in [0.3, 0.4) is 0 Å². The van der Waals surface area contributed by atoms with Crippen LogP contribution in [0.15, 0.2) is 77.7 Å². The second-order valence-corrected chi connectivity index (χ2v) is 8.26. The van der Waals surface area contributed by atoms with Crippen LogP contribution in [0.4, 0.5) is 0 Å². The minimum absolute atomic E-state index is 0.121. The summed E-state index contributed by atoms with van der Waals surface area (Å²) in [5.74, 6) is 1.68. The average molecular weight is 411 g/mol. The fourth-order valence-corrected chi connectivity index (χ4v) is 4.41. The van der Waals surface area contributed by atoms with Gasteiger partial charge in [-0.3, -0.25) is 0 Å². The smallest absolute Gasteiger partial charge is 0.241 e. The molecule has 0 radical (unpaired) electrons. The quantitative estimate of drug-likeness (QED) is 0.672. The van der Waals surface area contributed by atoms with Gasteiger partial charge < -0.3 is 14.2 Å². The van der Waals surface area contributed by atoms with Crippen molar-refractivity contribution in [3.8, 4) is 17.2 Å². The molecule has 0 amide bonds. The maximum atomic E-state index is 13.2. The molecule has 3 aromatic rings. The van der Waals surface area contributed by atoms with E-state index < -0.39 is 16.1 Å². The van der Waals surface area contributed by atoms with Crippen molar-refractivity contribution in [1.82, 2.24) is 4.72 Å². The summed E-state index contributed by atoms with van der Waals surface area (Å²) in [6.07, 6.45) is 0. The lowest BCUT2D eigenvalue weighted by Gasteiger charge is -2.22. The Morgan fingerprint density at radius 2 is 1.52 bits per heavy atom. The van der Waals surface area contributed by atoms with Crippen LogP contribution in [-0.2, 0) is 10.0 Å². The van der Waals surface area contributed by atoms with Crippen molar-refractivity contribution in [3.63, 3.8) is 0 Å². The Bertz CT molecular complexity index is 1080. The van der Waals surface area contributed by atoms with E-state index in [2.05, 4.69) is 4.72 Å². The van der Waals surface area contributed by atoms with Crippen molar-refractivity contribution in [3.05, 3.63) is 83.9 Å². The topological polar surface area (TPSA) is 73.9 Å². The summed E-state index contributed by atoms with van der Waals surface area (Å²) in [4.78, 5) is 0.121. The van der Waals surface area contributed by atoms with Gasteiger partial charge in [-0.2, -0.15) is 4.72 Å². The second-order valence-electron chi connectivity index (χ2n) is 6.54. The van der Waals surface area contributed by atoms with Crippen molar-refractivity contribution < 1.29 is 22.6 Å². The first-order valence-corrected chi connectivity index (χ1v) is 10.7. The van der Waals surface area contributed by atoms with Crippen LogP contribution in [0.5, 0.6) is 17.2 Å². The molecule has 0 saturated heterocycles.